The molecule has 1 amide bonds. The van der Waals surface area contributed by atoms with Crippen molar-refractivity contribution in [1.29, 1.82) is 0 Å². The third-order valence-corrected chi connectivity index (χ3v) is 7.25. The number of pyridine rings is 2. The van der Waals surface area contributed by atoms with Gasteiger partial charge in [-0.3, -0.25) is 14.8 Å². The van der Waals surface area contributed by atoms with E-state index in [2.05, 4.69) is 50.5 Å². The highest BCUT2D eigenvalue weighted by molar-refractivity contribution is 6.06. The minimum Gasteiger partial charge on any atom is -0.370 e. The predicted octanol–water partition coefficient (Wildman–Crippen LogP) is 4.25. The summed E-state index contributed by atoms with van der Waals surface area (Å²) in [4.78, 5) is 30.3. The molecule has 1 aliphatic rings. The van der Waals surface area contributed by atoms with Crippen molar-refractivity contribution < 1.29 is 4.79 Å². The highest BCUT2D eigenvalue weighted by Crippen LogP contribution is 2.41. The van der Waals surface area contributed by atoms with Gasteiger partial charge in [0.1, 0.15) is 12.1 Å². The summed E-state index contributed by atoms with van der Waals surface area (Å²) >= 11 is 0. The first-order valence-electron chi connectivity index (χ1n) is 12.3. The van der Waals surface area contributed by atoms with Gasteiger partial charge in [0.15, 0.2) is 0 Å². The largest absolute Gasteiger partial charge is 0.370 e. The van der Waals surface area contributed by atoms with Crippen LogP contribution in [0.25, 0.3) is 22.2 Å². The quantitative estimate of drug-likeness (QED) is 0.344. The van der Waals surface area contributed by atoms with Gasteiger partial charge in [-0.25, -0.2) is 9.97 Å². The minimum absolute atomic E-state index is 0.110. The summed E-state index contributed by atoms with van der Waals surface area (Å²) in [7, 11) is 1.64. The zero-order chi connectivity index (χ0) is 25.3. The third-order valence-electron chi connectivity index (χ3n) is 7.25. The molecule has 3 heterocycles. The topological polar surface area (TPSA) is 119 Å². The van der Waals surface area contributed by atoms with Crippen LogP contribution >= 0.6 is 0 Å². The number of nitrogens with zero attached hydrogens (tertiary/aromatic N) is 4. The highest BCUT2D eigenvalue weighted by Gasteiger charge is 2.41. The normalized spacial score (nSPS) is 15.8. The van der Waals surface area contributed by atoms with Gasteiger partial charge in [0, 0.05) is 43.0 Å². The molecule has 1 aromatic carbocycles. The van der Waals surface area contributed by atoms with Crippen LogP contribution in [-0.4, -0.2) is 39.4 Å². The molecule has 2 atom stereocenters. The molecule has 1 saturated carbocycles. The minimum atomic E-state index is -0.243. The standard InChI is InChI=1S/C28H31N7O/c1-17(18(2)20-5-4-6-21-22(27(36)30-3)9-12-31-26(20)21)14-33-25-13-23(34-16-35-25)19-7-8-24(32-15-19)28(29)10-11-28/h4-9,12-13,15-18H,10-11,14,29H2,1-3H3,(H,30,36)(H,33,34,35)/t17-,18?/m1/s1. The summed E-state index contributed by atoms with van der Waals surface area (Å²) in [5, 5.41) is 7.04. The number of anilines is 1. The third kappa shape index (κ3) is 4.64. The fraction of sp³-hybridized carbons (Fsp3) is 0.321. The second kappa shape index (κ2) is 9.62. The van der Waals surface area contributed by atoms with Gasteiger partial charge < -0.3 is 16.4 Å². The number of carbonyl (C=O) groups excluding carboxylic acids is 1. The van der Waals surface area contributed by atoms with Crippen LogP contribution in [0.15, 0.2) is 61.2 Å². The summed E-state index contributed by atoms with van der Waals surface area (Å²) in [6.45, 7) is 5.11. The molecule has 5 rings (SSSR count). The van der Waals surface area contributed by atoms with E-state index < -0.39 is 0 Å². The van der Waals surface area contributed by atoms with Crippen LogP contribution in [0.5, 0.6) is 0 Å². The van der Waals surface area contributed by atoms with Gasteiger partial charge in [0.2, 0.25) is 0 Å². The average molecular weight is 482 g/mol. The average Bonchev–Trinajstić information content (AvgIpc) is 3.68. The molecule has 0 aliphatic heterocycles. The maximum atomic E-state index is 12.3. The molecule has 0 spiro atoms. The lowest BCUT2D eigenvalue weighted by Crippen LogP contribution is -2.20. The van der Waals surface area contributed by atoms with Crippen LogP contribution in [0.1, 0.15) is 54.2 Å². The van der Waals surface area contributed by atoms with Crippen LogP contribution in [0, 0.1) is 5.92 Å². The first-order chi connectivity index (χ1) is 17.4. The molecule has 4 aromatic rings. The van der Waals surface area contributed by atoms with Crippen molar-refractivity contribution in [2.24, 2.45) is 11.7 Å². The van der Waals surface area contributed by atoms with Crippen molar-refractivity contribution >= 4 is 22.6 Å². The van der Waals surface area contributed by atoms with Crippen molar-refractivity contribution in [1.82, 2.24) is 25.3 Å². The lowest BCUT2D eigenvalue weighted by atomic mass is 9.87. The Labute approximate surface area is 210 Å². The second-order valence-corrected chi connectivity index (χ2v) is 9.70. The monoisotopic (exact) mass is 481 g/mol. The fourth-order valence-corrected chi connectivity index (χ4v) is 4.49. The Morgan fingerprint density at radius 3 is 2.64 bits per heavy atom. The Morgan fingerprint density at radius 1 is 1.08 bits per heavy atom. The second-order valence-electron chi connectivity index (χ2n) is 9.70. The van der Waals surface area contributed by atoms with E-state index in [-0.39, 0.29) is 23.3 Å². The van der Waals surface area contributed by atoms with Crippen molar-refractivity contribution in [2.75, 3.05) is 18.9 Å². The number of para-hydroxylation sites is 1. The number of nitrogens with two attached hydrogens (primary N) is 1. The number of nitrogens with one attached hydrogen (secondary N) is 2. The lowest BCUT2D eigenvalue weighted by Gasteiger charge is -2.22. The molecule has 4 N–H and O–H groups in total. The maximum Gasteiger partial charge on any atom is 0.251 e. The van der Waals surface area contributed by atoms with Gasteiger partial charge in [-0.05, 0) is 48.4 Å². The fourth-order valence-electron chi connectivity index (χ4n) is 4.49. The molecule has 8 nitrogen and oxygen atoms in total. The van der Waals surface area contributed by atoms with E-state index in [1.807, 2.05) is 36.5 Å². The molecule has 0 bridgehead atoms. The van der Waals surface area contributed by atoms with Crippen molar-refractivity contribution in [3.8, 4) is 11.3 Å². The SMILES string of the molecule is CNC(=O)c1ccnc2c(C(C)[C@H](C)CNc3cc(-c4ccc(C5(N)CC5)nc4)ncn3)cccc12. The van der Waals surface area contributed by atoms with Crippen molar-refractivity contribution in [2.45, 2.75) is 38.1 Å². The Balaban J connectivity index is 1.30. The smallest absolute Gasteiger partial charge is 0.251 e. The Morgan fingerprint density at radius 2 is 1.92 bits per heavy atom. The number of amides is 1. The van der Waals surface area contributed by atoms with Crippen LogP contribution in [0.4, 0.5) is 5.82 Å². The number of aromatic nitrogens is 4. The van der Waals surface area contributed by atoms with Gasteiger partial charge in [-0.15, -0.1) is 0 Å². The Hall–Kier alpha value is -3.91. The first kappa shape index (κ1) is 23.8. The van der Waals surface area contributed by atoms with E-state index in [0.717, 1.165) is 58.6 Å². The molecule has 1 unspecified atom stereocenters. The lowest BCUT2D eigenvalue weighted by molar-refractivity contribution is 0.0964. The molecular formula is C28H31N7O. The van der Waals surface area contributed by atoms with E-state index in [1.54, 1.807) is 25.6 Å². The van der Waals surface area contributed by atoms with E-state index in [1.165, 1.54) is 0 Å². The molecule has 1 fully saturated rings. The van der Waals surface area contributed by atoms with Crippen molar-refractivity contribution in [3.63, 3.8) is 0 Å². The Bertz CT molecular complexity index is 1400. The van der Waals surface area contributed by atoms with Gasteiger partial charge in [-0.2, -0.15) is 0 Å². The highest BCUT2D eigenvalue weighted by atomic mass is 16.1. The van der Waals surface area contributed by atoms with Gasteiger partial charge >= 0.3 is 0 Å². The number of benzene rings is 1. The molecule has 3 aromatic heterocycles. The van der Waals surface area contributed by atoms with Gasteiger partial charge in [-0.1, -0.05) is 32.0 Å². The molecular weight excluding hydrogens is 450 g/mol. The van der Waals surface area contributed by atoms with E-state index in [4.69, 9.17) is 5.73 Å². The molecule has 0 radical (unpaired) electrons. The van der Waals surface area contributed by atoms with Gasteiger partial charge in [0.25, 0.3) is 5.91 Å². The first-order valence-corrected chi connectivity index (χ1v) is 12.3. The molecule has 0 saturated heterocycles. The van der Waals surface area contributed by atoms with Crippen LogP contribution in [-0.2, 0) is 5.54 Å². The van der Waals surface area contributed by atoms with E-state index in [0.29, 0.717) is 5.56 Å². The van der Waals surface area contributed by atoms with Crippen molar-refractivity contribution in [3.05, 3.63) is 78.0 Å². The summed E-state index contributed by atoms with van der Waals surface area (Å²) in [6.07, 6.45) is 7.08. The van der Waals surface area contributed by atoms with Crippen LogP contribution in [0.2, 0.25) is 0 Å². The van der Waals surface area contributed by atoms with E-state index >= 15 is 0 Å². The number of carbonyl (C=O) groups is 1. The number of fused-ring (bicyclic) bond motifs is 1. The number of hydrogen-bond acceptors (Lipinski definition) is 7. The van der Waals surface area contributed by atoms with Crippen LogP contribution in [0.3, 0.4) is 0 Å². The number of hydrogen-bond donors (Lipinski definition) is 3. The number of rotatable bonds is 8. The maximum absolute atomic E-state index is 12.3. The molecule has 8 heteroatoms. The molecule has 1 aliphatic carbocycles. The zero-order valence-corrected chi connectivity index (χ0v) is 20.8. The Kier molecular flexibility index (Phi) is 6.36. The molecule has 36 heavy (non-hydrogen) atoms. The van der Waals surface area contributed by atoms with E-state index in [9.17, 15) is 4.79 Å². The summed E-state index contributed by atoms with van der Waals surface area (Å²) in [6, 6.07) is 13.8. The van der Waals surface area contributed by atoms with Crippen LogP contribution < -0.4 is 16.4 Å². The summed E-state index contributed by atoms with van der Waals surface area (Å²) < 4.78 is 0. The zero-order valence-electron chi connectivity index (χ0n) is 20.8. The molecule has 184 valence electrons. The summed E-state index contributed by atoms with van der Waals surface area (Å²) in [5.41, 5.74) is 11.3. The summed E-state index contributed by atoms with van der Waals surface area (Å²) in [5.74, 6) is 1.14. The predicted molar refractivity (Wildman–Crippen MR) is 142 cm³/mol. The van der Waals surface area contributed by atoms with Gasteiger partial charge in [0.05, 0.1) is 28.0 Å².